The van der Waals surface area contributed by atoms with Crippen LogP contribution in [0.1, 0.15) is 16.8 Å². The molecule has 126 valence electrons. The quantitative estimate of drug-likeness (QED) is 0.656. The summed E-state index contributed by atoms with van der Waals surface area (Å²) in [6, 6.07) is 16.2. The third-order valence-corrected chi connectivity index (χ3v) is 4.70. The fraction of sp³-hybridized carbons (Fsp3) is 0.105. The normalized spacial score (nSPS) is 19.1. The number of nitrogens with zero attached hydrogens (tertiary/aromatic N) is 2. The van der Waals surface area contributed by atoms with Crippen LogP contribution >= 0.6 is 11.6 Å². The Kier molecular flexibility index (Phi) is 3.56. The fourth-order valence-electron chi connectivity index (χ4n) is 3.03. The molecule has 3 N–H and O–H groups in total. The molecule has 1 aliphatic heterocycles. The highest BCUT2D eigenvalue weighted by Gasteiger charge is 2.40. The average Bonchev–Trinajstić information content (AvgIpc) is 2.92. The Morgan fingerprint density at radius 3 is 2.48 bits per heavy atom. The van der Waals surface area contributed by atoms with Gasteiger partial charge in [-0.05, 0) is 31.2 Å². The third-order valence-electron chi connectivity index (χ3n) is 4.32. The van der Waals surface area contributed by atoms with Crippen molar-refractivity contribution in [3.8, 4) is 11.4 Å². The molecular weight excluding hydrogens is 338 g/mol. The van der Waals surface area contributed by atoms with Crippen molar-refractivity contribution in [2.75, 3.05) is 5.32 Å². The molecule has 2 aromatic carbocycles. The Morgan fingerprint density at radius 2 is 1.76 bits per heavy atom. The topological polar surface area (TPSA) is 70.3 Å². The van der Waals surface area contributed by atoms with Crippen LogP contribution in [0.4, 0.5) is 5.82 Å². The van der Waals surface area contributed by atoms with Crippen LogP contribution in [0.2, 0.25) is 0 Å². The van der Waals surface area contributed by atoms with E-state index in [1.54, 1.807) is 29.0 Å². The molecule has 1 aromatic heterocycles. The molecular formula is C19H16ClN3O2. The summed E-state index contributed by atoms with van der Waals surface area (Å²) in [4.78, 5) is 0. The molecule has 6 heteroatoms. The lowest BCUT2D eigenvalue weighted by molar-refractivity contribution is 0.112. The Morgan fingerprint density at radius 1 is 1.08 bits per heavy atom. The molecule has 0 spiro atoms. The molecule has 0 bridgehead atoms. The maximum absolute atomic E-state index is 11.2. The number of fused-ring (bicyclic) bond motifs is 1. The number of halogens is 1. The predicted octanol–water partition coefficient (Wildman–Crippen LogP) is 3.74. The highest BCUT2D eigenvalue weighted by molar-refractivity contribution is 6.33. The van der Waals surface area contributed by atoms with Crippen molar-refractivity contribution >= 4 is 23.5 Å². The largest absolute Gasteiger partial charge is 0.507 e. The fourth-order valence-corrected chi connectivity index (χ4v) is 3.28. The lowest BCUT2D eigenvalue weighted by Crippen LogP contribution is -2.38. The average molecular weight is 354 g/mol. The lowest BCUT2D eigenvalue weighted by atomic mass is 9.96. The number of rotatable bonds is 2. The van der Waals surface area contributed by atoms with E-state index in [0.29, 0.717) is 5.82 Å². The van der Waals surface area contributed by atoms with Crippen LogP contribution in [0.25, 0.3) is 11.8 Å². The van der Waals surface area contributed by atoms with Crippen LogP contribution < -0.4 is 5.32 Å². The van der Waals surface area contributed by atoms with Gasteiger partial charge in [-0.1, -0.05) is 48.0 Å². The Bertz CT molecular complexity index is 982. The molecule has 1 unspecified atom stereocenters. The van der Waals surface area contributed by atoms with Crippen molar-refractivity contribution in [1.82, 2.24) is 9.78 Å². The summed E-state index contributed by atoms with van der Waals surface area (Å²) in [6.07, 6.45) is 1.68. The maximum Gasteiger partial charge on any atom is 0.204 e. The summed E-state index contributed by atoms with van der Waals surface area (Å²) >= 11 is 6.39. The minimum Gasteiger partial charge on any atom is -0.507 e. The van der Waals surface area contributed by atoms with Gasteiger partial charge in [-0.3, -0.25) is 0 Å². The lowest BCUT2D eigenvalue weighted by Gasteiger charge is -2.34. The number of phenols is 1. The van der Waals surface area contributed by atoms with Crippen LogP contribution in [-0.2, 0) is 5.72 Å². The van der Waals surface area contributed by atoms with Gasteiger partial charge in [0, 0.05) is 5.56 Å². The van der Waals surface area contributed by atoms with Gasteiger partial charge in [-0.2, -0.15) is 5.10 Å². The first-order chi connectivity index (χ1) is 12.0. The van der Waals surface area contributed by atoms with Gasteiger partial charge in [-0.15, -0.1) is 0 Å². The number of hydrogen-bond acceptors (Lipinski definition) is 4. The molecule has 0 saturated heterocycles. The minimum absolute atomic E-state index is 0.0463. The van der Waals surface area contributed by atoms with Gasteiger partial charge in [0.25, 0.3) is 0 Å². The summed E-state index contributed by atoms with van der Waals surface area (Å²) in [5, 5.41) is 29.2. The molecule has 0 amide bonds. The molecule has 1 aliphatic rings. The zero-order valence-corrected chi connectivity index (χ0v) is 14.2. The number of benzene rings is 2. The second-order valence-electron chi connectivity index (χ2n) is 5.94. The van der Waals surface area contributed by atoms with Crippen molar-refractivity contribution in [3.05, 3.63) is 76.5 Å². The number of aryl methyl sites for hydroxylation is 1. The van der Waals surface area contributed by atoms with Gasteiger partial charge in [0.05, 0.1) is 22.0 Å². The number of nitrogens with one attached hydrogen (secondary N) is 1. The van der Waals surface area contributed by atoms with E-state index in [4.69, 9.17) is 11.6 Å². The SMILES string of the molecule is Cc1nn(-c2ccccc2)c2c1C=C(Cl)C(O)(c1ccccc1O)N2. The van der Waals surface area contributed by atoms with Crippen molar-refractivity contribution in [3.63, 3.8) is 0 Å². The summed E-state index contributed by atoms with van der Waals surface area (Å²) in [5.74, 6) is 0.564. The molecule has 0 aliphatic carbocycles. The van der Waals surface area contributed by atoms with E-state index < -0.39 is 5.72 Å². The number of aromatic nitrogens is 2. The zero-order chi connectivity index (χ0) is 17.6. The van der Waals surface area contributed by atoms with Crippen LogP contribution in [0.3, 0.4) is 0 Å². The number of anilines is 1. The molecule has 4 rings (SSSR count). The van der Waals surface area contributed by atoms with Crippen LogP contribution in [0, 0.1) is 6.92 Å². The minimum atomic E-state index is -1.74. The van der Waals surface area contributed by atoms with E-state index in [9.17, 15) is 10.2 Å². The zero-order valence-electron chi connectivity index (χ0n) is 13.4. The first-order valence-electron chi connectivity index (χ1n) is 7.82. The van der Waals surface area contributed by atoms with Gasteiger partial charge >= 0.3 is 0 Å². The second kappa shape index (κ2) is 5.65. The predicted molar refractivity (Wildman–Crippen MR) is 97.8 cm³/mol. The third kappa shape index (κ3) is 2.40. The van der Waals surface area contributed by atoms with E-state index in [-0.39, 0.29) is 16.3 Å². The number of hydrogen-bond donors (Lipinski definition) is 3. The summed E-state index contributed by atoms with van der Waals surface area (Å²) in [6.45, 7) is 1.88. The summed E-state index contributed by atoms with van der Waals surface area (Å²) in [7, 11) is 0. The van der Waals surface area contributed by atoms with E-state index >= 15 is 0 Å². The molecule has 0 fully saturated rings. The van der Waals surface area contributed by atoms with Gasteiger partial charge < -0.3 is 15.5 Å². The number of aliphatic hydroxyl groups is 1. The number of para-hydroxylation sites is 2. The summed E-state index contributed by atoms with van der Waals surface area (Å²) < 4.78 is 1.72. The van der Waals surface area contributed by atoms with Crippen molar-refractivity contribution in [1.29, 1.82) is 0 Å². The molecule has 5 nitrogen and oxygen atoms in total. The Hall–Kier alpha value is -2.76. The van der Waals surface area contributed by atoms with Crippen molar-refractivity contribution in [2.45, 2.75) is 12.6 Å². The van der Waals surface area contributed by atoms with Crippen molar-refractivity contribution in [2.24, 2.45) is 0 Å². The first-order valence-corrected chi connectivity index (χ1v) is 8.20. The first kappa shape index (κ1) is 15.7. The van der Waals surface area contributed by atoms with Gasteiger partial charge in [0.15, 0.2) is 0 Å². The Balaban J connectivity index is 1.90. The van der Waals surface area contributed by atoms with Gasteiger partial charge in [0.2, 0.25) is 5.72 Å². The second-order valence-corrected chi connectivity index (χ2v) is 6.35. The molecule has 3 aromatic rings. The monoisotopic (exact) mass is 353 g/mol. The van der Waals surface area contributed by atoms with Crippen LogP contribution in [-0.4, -0.2) is 20.0 Å². The smallest absolute Gasteiger partial charge is 0.204 e. The van der Waals surface area contributed by atoms with Gasteiger partial charge in [0.1, 0.15) is 11.6 Å². The van der Waals surface area contributed by atoms with Crippen LogP contribution in [0.5, 0.6) is 5.75 Å². The molecule has 25 heavy (non-hydrogen) atoms. The molecule has 0 saturated carbocycles. The molecule has 1 atom stereocenters. The van der Waals surface area contributed by atoms with E-state index in [2.05, 4.69) is 10.4 Å². The van der Waals surface area contributed by atoms with E-state index in [0.717, 1.165) is 16.9 Å². The standard InChI is InChI=1S/C19H16ClN3O2/c1-12-14-11-17(20)19(25,15-9-5-6-10-16(15)24)21-18(14)23(22-12)13-7-3-2-4-8-13/h2-11,21,24-25H,1H3. The maximum atomic E-state index is 11.2. The number of phenolic OH excluding ortho intramolecular Hbond substituents is 1. The highest BCUT2D eigenvalue weighted by atomic mass is 35.5. The summed E-state index contributed by atoms with van der Waals surface area (Å²) in [5.41, 5.74) is 0.974. The van der Waals surface area contributed by atoms with E-state index in [1.165, 1.54) is 6.07 Å². The highest BCUT2D eigenvalue weighted by Crippen LogP contribution is 2.44. The van der Waals surface area contributed by atoms with Crippen molar-refractivity contribution < 1.29 is 10.2 Å². The molecule has 2 heterocycles. The van der Waals surface area contributed by atoms with Crippen LogP contribution in [0.15, 0.2) is 59.6 Å². The van der Waals surface area contributed by atoms with Gasteiger partial charge in [-0.25, -0.2) is 4.68 Å². The number of aromatic hydroxyl groups is 1. The van der Waals surface area contributed by atoms with E-state index in [1.807, 2.05) is 37.3 Å². The Labute approximate surface area is 149 Å². The molecule has 0 radical (unpaired) electrons.